The molecular formula is C14H22N2O. The summed E-state index contributed by atoms with van der Waals surface area (Å²) in [6.07, 6.45) is 4.38. The molecule has 0 bridgehead atoms. The molecule has 1 aliphatic rings. The highest BCUT2D eigenvalue weighted by Crippen LogP contribution is 2.25. The lowest BCUT2D eigenvalue weighted by atomic mass is 9.89. The summed E-state index contributed by atoms with van der Waals surface area (Å²) in [7, 11) is 2.04. The van der Waals surface area contributed by atoms with Crippen molar-refractivity contribution in [3.05, 3.63) is 29.6 Å². The number of pyridine rings is 1. The van der Waals surface area contributed by atoms with Gasteiger partial charge in [-0.25, -0.2) is 0 Å². The molecule has 3 unspecified atom stereocenters. The third-order valence-corrected chi connectivity index (χ3v) is 3.85. The molecule has 0 radical (unpaired) electrons. The molecule has 17 heavy (non-hydrogen) atoms. The summed E-state index contributed by atoms with van der Waals surface area (Å²) in [6, 6.07) is 4.58. The maximum absolute atomic E-state index is 5.66. The standard InChI is InChI=1S/C14H22N2O/c1-10-5-4-7-16-13(10)9-14(15-3)12-6-8-17-11(12)2/h4-5,7,11-12,14-15H,6,8-9H2,1-3H3. The van der Waals surface area contributed by atoms with Crippen molar-refractivity contribution in [1.29, 1.82) is 0 Å². The third-order valence-electron chi connectivity index (χ3n) is 3.85. The predicted molar refractivity (Wildman–Crippen MR) is 69.0 cm³/mol. The van der Waals surface area contributed by atoms with Crippen molar-refractivity contribution in [1.82, 2.24) is 10.3 Å². The lowest BCUT2D eigenvalue weighted by Crippen LogP contribution is -2.39. The average Bonchev–Trinajstić information content (AvgIpc) is 2.75. The van der Waals surface area contributed by atoms with Gasteiger partial charge >= 0.3 is 0 Å². The third kappa shape index (κ3) is 2.85. The first-order valence-electron chi connectivity index (χ1n) is 6.41. The minimum atomic E-state index is 0.358. The van der Waals surface area contributed by atoms with Crippen molar-refractivity contribution in [2.24, 2.45) is 5.92 Å². The van der Waals surface area contributed by atoms with Crippen molar-refractivity contribution < 1.29 is 4.74 Å². The number of likely N-dealkylation sites (N-methyl/N-ethyl adjacent to an activating group) is 1. The van der Waals surface area contributed by atoms with Gasteiger partial charge in [-0.15, -0.1) is 0 Å². The van der Waals surface area contributed by atoms with Crippen LogP contribution in [0.15, 0.2) is 18.3 Å². The highest BCUT2D eigenvalue weighted by molar-refractivity contribution is 5.19. The molecule has 1 aromatic heterocycles. The van der Waals surface area contributed by atoms with E-state index in [1.807, 2.05) is 19.3 Å². The van der Waals surface area contributed by atoms with Crippen LogP contribution < -0.4 is 5.32 Å². The van der Waals surface area contributed by atoms with Crippen molar-refractivity contribution >= 4 is 0 Å². The van der Waals surface area contributed by atoms with Crippen molar-refractivity contribution in [3.8, 4) is 0 Å². The van der Waals surface area contributed by atoms with Crippen LogP contribution in [0.25, 0.3) is 0 Å². The largest absolute Gasteiger partial charge is 0.378 e. The summed E-state index contributed by atoms with van der Waals surface area (Å²) in [5, 5.41) is 3.43. The van der Waals surface area contributed by atoms with Crippen molar-refractivity contribution in [3.63, 3.8) is 0 Å². The van der Waals surface area contributed by atoms with Gasteiger partial charge < -0.3 is 10.1 Å². The monoisotopic (exact) mass is 234 g/mol. The Morgan fingerprint density at radius 1 is 1.59 bits per heavy atom. The molecular weight excluding hydrogens is 212 g/mol. The molecule has 0 spiro atoms. The van der Waals surface area contributed by atoms with Crippen LogP contribution in [0.5, 0.6) is 0 Å². The van der Waals surface area contributed by atoms with Gasteiger partial charge in [0.1, 0.15) is 0 Å². The molecule has 0 saturated carbocycles. The van der Waals surface area contributed by atoms with Crippen molar-refractivity contribution in [2.75, 3.05) is 13.7 Å². The molecule has 1 aliphatic heterocycles. The van der Waals surface area contributed by atoms with Gasteiger partial charge in [-0.2, -0.15) is 0 Å². The zero-order chi connectivity index (χ0) is 12.3. The fourth-order valence-electron chi connectivity index (χ4n) is 2.68. The summed E-state index contributed by atoms with van der Waals surface area (Å²) in [6.45, 7) is 5.20. The number of rotatable bonds is 4. The number of aromatic nitrogens is 1. The van der Waals surface area contributed by atoms with Crippen LogP contribution in [-0.2, 0) is 11.2 Å². The summed E-state index contributed by atoms with van der Waals surface area (Å²) < 4.78 is 5.66. The summed E-state index contributed by atoms with van der Waals surface area (Å²) in [4.78, 5) is 4.48. The predicted octanol–water partition coefficient (Wildman–Crippen LogP) is 1.95. The van der Waals surface area contributed by atoms with Gasteiger partial charge in [0.05, 0.1) is 6.10 Å². The first kappa shape index (κ1) is 12.5. The highest BCUT2D eigenvalue weighted by atomic mass is 16.5. The van der Waals surface area contributed by atoms with E-state index in [1.165, 1.54) is 11.3 Å². The topological polar surface area (TPSA) is 34.2 Å². The van der Waals surface area contributed by atoms with Crippen LogP contribution in [0.2, 0.25) is 0 Å². The van der Waals surface area contributed by atoms with Crippen LogP contribution in [0.3, 0.4) is 0 Å². The van der Waals surface area contributed by atoms with Crippen LogP contribution in [0.4, 0.5) is 0 Å². The van der Waals surface area contributed by atoms with Gasteiger partial charge in [-0.05, 0) is 38.9 Å². The average molecular weight is 234 g/mol. The molecule has 2 rings (SSSR count). The Bertz CT molecular complexity index is 367. The number of ether oxygens (including phenoxy) is 1. The number of aryl methyl sites for hydroxylation is 1. The molecule has 2 heterocycles. The SMILES string of the molecule is CNC(Cc1ncccc1C)C1CCOC1C. The Morgan fingerprint density at radius 2 is 2.41 bits per heavy atom. The van der Waals surface area contributed by atoms with Gasteiger partial charge in [-0.3, -0.25) is 4.98 Å². The Morgan fingerprint density at radius 3 is 3.00 bits per heavy atom. The summed E-state index contributed by atoms with van der Waals surface area (Å²) in [5.41, 5.74) is 2.48. The second-order valence-corrected chi connectivity index (χ2v) is 4.89. The van der Waals surface area contributed by atoms with E-state index in [2.05, 4.69) is 30.2 Å². The quantitative estimate of drug-likeness (QED) is 0.864. The zero-order valence-electron chi connectivity index (χ0n) is 10.9. The maximum Gasteiger partial charge on any atom is 0.0590 e. The molecule has 3 heteroatoms. The molecule has 1 fully saturated rings. The van der Waals surface area contributed by atoms with Crippen LogP contribution in [0.1, 0.15) is 24.6 Å². The lowest BCUT2D eigenvalue weighted by Gasteiger charge is -2.25. The van der Waals surface area contributed by atoms with Gasteiger partial charge in [-0.1, -0.05) is 6.07 Å². The summed E-state index contributed by atoms with van der Waals surface area (Å²) >= 11 is 0. The van der Waals surface area contributed by atoms with Gasteiger partial charge in [0.15, 0.2) is 0 Å². The molecule has 0 amide bonds. The summed E-state index contributed by atoms with van der Waals surface area (Å²) in [5.74, 6) is 0.599. The molecule has 1 aromatic rings. The van der Waals surface area contributed by atoms with Gasteiger partial charge in [0, 0.05) is 36.9 Å². The molecule has 0 aliphatic carbocycles. The fraction of sp³-hybridized carbons (Fsp3) is 0.643. The van der Waals surface area contributed by atoms with Crippen LogP contribution >= 0.6 is 0 Å². The molecule has 94 valence electrons. The molecule has 3 atom stereocenters. The fourth-order valence-corrected chi connectivity index (χ4v) is 2.68. The van der Waals surface area contributed by atoms with E-state index < -0.39 is 0 Å². The van der Waals surface area contributed by atoms with E-state index in [0.717, 1.165) is 19.4 Å². The second-order valence-electron chi connectivity index (χ2n) is 4.89. The highest BCUT2D eigenvalue weighted by Gasteiger charge is 2.31. The smallest absolute Gasteiger partial charge is 0.0590 e. The zero-order valence-corrected chi connectivity index (χ0v) is 10.9. The molecule has 3 nitrogen and oxygen atoms in total. The number of hydrogen-bond acceptors (Lipinski definition) is 3. The normalized spacial score (nSPS) is 26.1. The Kier molecular flexibility index (Phi) is 4.13. The molecule has 0 aromatic carbocycles. The van der Waals surface area contributed by atoms with E-state index in [1.54, 1.807) is 0 Å². The first-order valence-corrected chi connectivity index (χ1v) is 6.41. The maximum atomic E-state index is 5.66. The van der Waals surface area contributed by atoms with Crippen LogP contribution in [-0.4, -0.2) is 30.8 Å². The van der Waals surface area contributed by atoms with Crippen LogP contribution in [0, 0.1) is 12.8 Å². The van der Waals surface area contributed by atoms with E-state index in [4.69, 9.17) is 4.74 Å². The first-order chi connectivity index (χ1) is 8.22. The molecule has 1 N–H and O–H groups in total. The Hall–Kier alpha value is -0.930. The van der Waals surface area contributed by atoms with Crippen molar-refractivity contribution in [2.45, 2.75) is 38.8 Å². The minimum Gasteiger partial charge on any atom is -0.378 e. The Labute approximate surface area is 104 Å². The van der Waals surface area contributed by atoms with E-state index in [9.17, 15) is 0 Å². The van der Waals surface area contributed by atoms with Gasteiger partial charge in [0.25, 0.3) is 0 Å². The second kappa shape index (κ2) is 5.61. The lowest BCUT2D eigenvalue weighted by molar-refractivity contribution is 0.0962. The number of hydrogen-bond donors (Lipinski definition) is 1. The van der Waals surface area contributed by atoms with E-state index in [-0.39, 0.29) is 0 Å². The molecule has 1 saturated heterocycles. The minimum absolute atomic E-state index is 0.358. The van der Waals surface area contributed by atoms with Gasteiger partial charge in [0.2, 0.25) is 0 Å². The number of nitrogens with one attached hydrogen (secondary N) is 1. The van der Waals surface area contributed by atoms with E-state index >= 15 is 0 Å². The Balaban J connectivity index is 2.07. The number of nitrogens with zero attached hydrogens (tertiary/aromatic N) is 1. The van der Waals surface area contributed by atoms with E-state index in [0.29, 0.717) is 18.1 Å².